The summed E-state index contributed by atoms with van der Waals surface area (Å²) in [6.45, 7) is 6.49. The molecule has 0 bridgehead atoms. The van der Waals surface area contributed by atoms with Crippen LogP contribution >= 0.6 is 0 Å². The molecule has 7 heteroatoms. The third-order valence-electron chi connectivity index (χ3n) is 6.70. The van der Waals surface area contributed by atoms with Crippen LogP contribution in [-0.4, -0.2) is 52.5 Å². The molecular formula is C24H32FN3O3. The molecule has 2 aliphatic rings. The number of carbonyl (C=O) groups is 1. The van der Waals surface area contributed by atoms with Gasteiger partial charge in [-0.25, -0.2) is 4.39 Å². The van der Waals surface area contributed by atoms with Crippen molar-refractivity contribution < 1.29 is 18.7 Å². The number of aryl methyl sites for hydroxylation is 2. The Morgan fingerprint density at radius 2 is 2.06 bits per heavy atom. The van der Waals surface area contributed by atoms with Gasteiger partial charge < -0.3 is 14.4 Å². The molecule has 3 heterocycles. The first-order valence-electron chi connectivity index (χ1n) is 11.1. The van der Waals surface area contributed by atoms with Gasteiger partial charge in [-0.1, -0.05) is 26.0 Å². The van der Waals surface area contributed by atoms with Crippen molar-refractivity contribution in [3.8, 4) is 0 Å². The maximum Gasteiger partial charge on any atom is 0.223 e. The highest BCUT2D eigenvalue weighted by molar-refractivity contribution is 5.76. The van der Waals surface area contributed by atoms with E-state index in [1.807, 2.05) is 34.8 Å². The number of hydrogen-bond donors (Lipinski definition) is 0. The fraction of sp³-hybridized carbons (Fsp3) is 0.583. The molecule has 3 atom stereocenters. The molecule has 6 nitrogen and oxygen atoms in total. The summed E-state index contributed by atoms with van der Waals surface area (Å²) < 4.78 is 27.8. The van der Waals surface area contributed by atoms with E-state index in [4.69, 9.17) is 9.47 Å². The van der Waals surface area contributed by atoms with Crippen LogP contribution in [0.25, 0.3) is 0 Å². The van der Waals surface area contributed by atoms with Crippen molar-refractivity contribution >= 4 is 5.91 Å². The molecule has 0 aliphatic carbocycles. The largest absolute Gasteiger partial charge is 0.370 e. The van der Waals surface area contributed by atoms with E-state index in [1.165, 1.54) is 12.1 Å². The van der Waals surface area contributed by atoms with E-state index in [0.29, 0.717) is 45.1 Å². The second-order valence-electron chi connectivity index (χ2n) is 9.19. The van der Waals surface area contributed by atoms with Crippen LogP contribution in [0, 0.1) is 17.7 Å². The summed E-state index contributed by atoms with van der Waals surface area (Å²) in [5.74, 6) is 0.495. The number of halogens is 1. The van der Waals surface area contributed by atoms with Gasteiger partial charge in [0.1, 0.15) is 11.4 Å². The number of aromatic nitrogens is 2. The third-order valence-corrected chi connectivity index (χ3v) is 6.70. The number of carbonyl (C=O) groups excluding carboxylic acids is 1. The van der Waals surface area contributed by atoms with E-state index in [0.717, 1.165) is 17.7 Å². The van der Waals surface area contributed by atoms with Crippen molar-refractivity contribution in [2.75, 3.05) is 26.3 Å². The molecule has 31 heavy (non-hydrogen) atoms. The van der Waals surface area contributed by atoms with Gasteiger partial charge in [0, 0.05) is 31.9 Å². The van der Waals surface area contributed by atoms with Crippen LogP contribution in [-0.2, 0) is 27.7 Å². The molecule has 168 valence electrons. The third kappa shape index (κ3) is 4.83. The van der Waals surface area contributed by atoms with E-state index < -0.39 is 5.60 Å². The van der Waals surface area contributed by atoms with E-state index in [-0.39, 0.29) is 23.7 Å². The first-order chi connectivity index (χ1) is 14.9. The molecule has 0 unspecified atom stereocenters. The number of rotatable bonds is 5. The fourth-order valence-electron chi connectivity index (χ4n) is 4.85. The molecule has 4 rings (SSSR count). The zero-order valence-electron chi connectivity index (χ0n) is 18.6. The highest BCUT2D eigenvalue weighted by Crippen LogP contribution is 2.44. The lowest BCUT2D eigenvalue weighted by molar-refractivity contribution is -0.211. The Morgan fingerprint density at radius 1 is 1.29 bits per heavy atom. The van der Waals surface area contributed by atoms with Gasteiger partial charge in [-0.15, -0.1) is 0 Å². The average Bonchev–Trinajstić information content (AvgIpc) is 3.17. The molecule has 0 N–H and O–H groups in total. The van der Waals surface area contributed by atoms with Crippen LogP contribution in [0.1, 0.15) is 44.1 Å². The number of morpholine rings is 1. The van der Waals surface area contributed by atoms with Crippen LogP contribution in [0.4, 0.5) is 4.39 Å². The minimum absolute atomic E-state index is 0.0919. The minimum Gasteiger partial charge on any atom is -0.370 e. The summed E-state index contributed by atoms with van der Waals surface area (Å²) in [4.78, 5) is 14.9. The van der Waals surface area contributed by atoms with Gasteiger partial charge in [-0.2, -0.15) is 5.10 Å². The Hall–Kier alpha value is -2.25. The Labute approximate surface area is 183 Å². The SMILES string of the molecule is CC(C)[C@@H]1C[C@@]2(CO[C@H]1c1ccc(F)cc1)CN(C(=O)CCc1ccnn1C)CCO2. The Balaban J connectivity index is 1.43. The maximum absolute atomic E-state index is 13.4. The lowest BCUT2D eigenvalue weighted by Crippen LogP contribution is -2.59. The molecule has 1 aromatic heterocycles. The monoisotopic (exact) mass is 429 g/mol. The smallest absolute Gasteiger partial charge is 0.223 e. The Bertz CT molecular complexity index is 898. The molecule has 1 spiro atoms. The van der Waals surface area contributed by atoms with Crippen molar-refractivity contribution in [1.82, 2.24) is 14.7 Å². The second kappa shape index (κ2) is 9.09. The first kappa shape index (κ1) is 22.0. The second-order valence-corrected chi connectivity index (χ2v) is 9.19. The van der Waals surface area contributed by atoms with Crippen LogP contribution in [0.2, 0.25) is 0 Å². The van der Waals surface area contributed by atoms with Crippen molar-refractivity contribution in [3.05, 3.63) is 53.6 Å². The highest BCUT2D eigenvalue weighted by Gasteiger charge is 2.47. The zero-order chi connectivity index (χ0) is 22.0. The number of hydrogen-bond acceptors (Lipinski definition) is 4. The summed E-state index contributed by atoms with van der Waals surface area (Å²) in [5, 5.41) is 4.17. The van der Waals surface area contributed by atoms with Crippen molar-refractivity contribution in [1.29, 1.82) is 0 Å². The fourth-order valence-corrected chi connectivity index (χ4v) is 4.85. The number of amides is 1. The number of nitrogens with zero attached hydrogens (tertiary/aromatic N) is 3. The Kier molecular flexibility index (Phi) is 6.44. The van der Waals surface area contributed by atoms with Gasteiger partial charge in [0.2, 0.25) is 5.91 Å². The average molecular weight is 430 g/mol. The standard InChI is InChI=1S/C24H32FN3O3/c1-17(2)21-14-24(16-30-23(21)18-4-6-19(25)7-5-18)15-28(12-13-31-24)22(29)9-8-20-10-11-26-27(20)3/h4-7,10-11,17,21,23H,8-9,12-16H2,1-3H3/t21-,23-,24-/m0/s1. The van der Waals surface area contributed by atoms with Crippen LogP contribution in [0.5, 0.6) is 0 Å². The molecule has 0 radical (unpaired) electrons. The number of benzene rings is 1. The van der Waals surface area contributed by atoms with Crippen molar-refractivity contribution in [2.45, 2.75) is 44.8 Å². The molecule has 0 saturated carbocycles. The van der Waals surface area contributed by atoms with Gasteiger partial charge in [0.25, 0.3) is 0 Å². The quantitative estimate of drug-likeness (QED) is 0.730. The van der Waals surface area contributed by atoms with Crippen LogP contribution in [0.15, 0.2) is 36.5 Å². The van der Waals surface area contributed by atoms with Crippen molar-refractivity contribution in [3.63, 3.8) is 0 Å². The summed E-state index contributed by atoms with van der Waals surface area (Å²) in [6, 6.07) is 8.54. The summed E-state index contributed by atoms with van der Waals surface area (Å²) in [5.41, 5.74) is 1.57. The van der Waals surface area contributed by atoms with Gasteiger partial charge in [0.15, 0.2) is 0 Å². The first-order valence-corrected chi connectivity index (χ1v) is 11.1. The van der Waals surface area contributed by atoms with Gasteiger partial charge in [-0.05, 0) is 48.4 Å². The zero-order valence-corrected chi connectivity index (χ0v) is 18.6. The van der Waals surface area contributed by atoms with Gasteiger partial charge in [0.05, 0.1) is 25.9 Å². The van der Waals surface area contributed by atoms with E-state index in [9.17, 15) is 9.18 Å². The summed E-state index contributed by atoms with van der Waals surface area (Å²) in [6.07, 6.45) is 3.62. The molecule has 2 aliphatic heterocycles. The van der Waals surface area contributed by atoms with E-state index in [1.54, 1.807) is 6.20 Å². The summed E-state index contributed by atoms with van der Waals surface area (Å²) >= 11 is 0. The Morgan fingerprint density at radius 3 is 2.74 bits per heavy atom. The molecule has 2 fully saturated rings. The van der Waals surface area contributed by atoms with E-state index >= 15 is 0 Å². The topological polar surface area (TPSA) is 56.6 Å². The molecule has 1 amide bonds. The van der Waals surface area contributed by atoms with Gasteiger partial charge >= 0.3 is 0 Å². The molecule has 2 saturated heterocycles. The predicted octanol–water partition coefficient (Wildman–Crippen LogP) is 3.52. The minimum atomic E-state index is -0.480. The lowest BCUT2D eigenvalue weighted by Gasteiger charge is -2.50. The molecule has 1 aromatic carbocycles. The highest BCUT2D eigenvalue weighted by atomic mass is 19.1. The molecular weight excluding hydrogens is 397 g/mol. The lowest BCUT2D eigenvalue weighted by atomic mass is 9.75. The number of ether oxygens (including phenoxy) is 2. The predicted molar refractivity (Wildman–Crippen MR) is 115 cm³/mol. The van der Waals surface area contributed by atoms with Crippen molar-refractivity contribution in [2.24, 2.45) is 18.9 Å². The molecule has 2 aromatic rings. The van der Waals surface area contributed by atoms with Crippen LogP contribution in [0.3, 0.4) is 0 Å². The maximum atomic E-state index is 13.4. The van der Waals surface area contributed by atoms with E-state index in [2.05, 4.69) is 18.9 Å². The summed E-state index contributed by atoms with van der Waals surface area (Å²) in [7, 11) is 1.90. The van der Waals surface area contributed by atoms with Gasteiger partial charge in [-0.3, -0.25) is 9.48 Å². The van der Waals surface area contributed by atoms with Crippen LogP contribution < -0.4 is 0 Å². The normalized spacial score (nSPS) is 26.5.